The van der Waals surface area contributed by atoms with Crippen LogP contribution in [0.4, 0.5) is 0 Å². The third-order valence-electron chi connectivity index (χ3n) is 2.71. The zero-order chi connectivity index (χ0) is 9.54. The van der Waals surface area contributed by atoms with Crippen molar-refractivity contribution in [2.24, 2.45) is 0 Å². The van der Waals surface area contributed by atoms with Gasteiger partial charge in [0.2, 0.25) is 0 Å². The molecule has 0 radical (unpaired) electrons. The average molecular weight is 190 g/mol. The number of ketones is 1. The molecular formula is C11H10O3. The van der Waals surface area contributed by atoms with E-state index in [1.54, 1.807) is 0 Å². The number of carbonyl (C=O) groups excluding carboxylic acids is 1. The highest BCUT2D eigenvalue weighted by Gasteiger charge is 2.26. The molecule has 1 aromatic rings. The van der Waals surface area contributed by atoms with Crippen LogP contribution in [0.5, 0.6) is 11.5 Å². The third kappa shape index (κ3) is 0.953. The summed E-state index contributed by atoms with van der Waals surface area (Å²) in [6.07, 6.45) is 1.40. The van der Waals surface area contributed by atoms with E-state index in [0.717, 1.165) is 29.0 Å². The SMILES string of the molecule is O=C1CCc2c1ccc1c2OCCO1. The summed E-state index contributed by atoms with van der Waals surface area (Å²) in [6, 6.07) is 3.68. The lowest BCUT2D eigenvalue weighted by Gasteiger charge is -2.20. The van der Waals surface area contributed by atoms with E-state index in [2.05, 4.69) is 0 Å². The van der Waals surface area contributed by atoms with E-state index in [1.807, 2.05) is 12.1 Å². The van der Waals surface area contributed by atoms with Crippen LogP contribution in [-0.4, -0.2) is 19.0 Å². The van der Waals surface area contributed by atoms with Gasteiger partial charge in [0.25, 0.3) is 0 Å². The van der Waals surface area contributed by atoms with Gasteiger partial charge in [-0.1, -0.05) is 0 Å². The summed E-state index contributed by atoms with van der Waals surface area (Å²) < 4.78 is 11.0. The van der Waals surface area contributed by atoms with Gasteiger partial charge < -0.3 is 9.47 Å². The van der Waals surface area contributed by atoms with Crippen LogP contribution in [0.2, 0.25) is 0 Å². The van der Waals surface area contributed by atoms with Gasteiger partial charge in [0.1, 0.15) is 13.2 Å². The number of hydrogen-bond acceptors (Lipinski definition) is 3. The summed E-state index contributed by atoms with van der Waals surface area (Å²) in [4.78, 5) is 11.5. The Morgan fingerprint density at radius 3 is 2.86 bits per heavy atom. The number of Topliss-reactive ketones (excluding diaryl/α,β-unsaturated/α-hetero) is 1. The van der Waals surface area contributed by atoms with Crippen molar-refractivity contribution in [3.63, 3.8) is 0 Å². The molecule has 0 N–H and O–H groups in total. The minimum Gasteiger partial charge on any atom is -0.486 e. The molecule has 0 saturated heterocycles. The second-order valence-corrected chi connectivity index (χ2v) is 3.54. The lowest BCUT2D eigenvalue weighted by atomic mass is 10.1. The fraction of sp³-hybridized carbons (Fsp3) is 0.364. The van der Waals surface area contributed by atoms with Crippen molar-refractivity contribution in [3.05, 3.63) is 23.3 Å². The standard InChI is InChI=1S/C11H10O3/c12-9-3-1-8-7(9)2-4-10-11(8)14-6-5-13-10/h2,4H,1,3,5-6H2. The first kappa shape index (κ1) is 7.85. The Labute approximate surface area is 81.6 Å². The van der Waals surface area contributed by atoms with Gasteiger partial charge in [0, 0.05) is 17.5 Å². The van der Waals surface area contributed by atoms with E-state index < -0.39 is 0 Å². The Bertz CT molecular complexity index is 409. The average Bonchev–Trinajstić information content (AvgIpc) is 2.61. The highest BCUT2D eigenvalue weighted by Crippen LogP contribution is 2.39. The number of fused-ring (bicyclic) bond motifs is 3. The van der Waals surface area contributed by atoms with Crippen LogP contribution in [0.1, 0.15) is 22.3 Å². The maximum atomic E-state index is 11.5. The molecule has 0 spiro atoms. The van der Waals surface area contributed by atoms with Crippen LogP contribution in [-0.2, 0) is 6.42 Å². The summed E-state index contributed by atoms with van der Waals surface area (Å²) >= 11 is 0. The molecule has 14 heavy (non-hydrogen) atoms. The molecule has 1 aliphatic carbocycles. The van der Waals surface area contributed by atoms with Crippen LogP contribution in [0.15, 0.2) is 12.1 Å². The van der Waals surface area contributed by atoms with Gasteiger partial charge >= 0.3 is 0 Å². The number of hydrogen-bond donors (Lipinski definition) is 0. The Morgan fingerprint density at radius 2 is 1.93 bits per heavy atom. The molecule has 0 fully saturated rings. The highest BCUT2D eigenvalue weighted by molar-refractivity contribution is 6.01. The van der Waals surface area contributed by atoms with E-state index in [0.29, 0.717) is 19.6 Å². The summed E-state index contributed by atoms with van der Waals surface area (Å²) in [6.45, 7) is 1.18. The van der Waals surface area contributed by atoms with Gasteiger partial charge in [-0.25, -0.2) is 0 Å². The fourth-order valence-corrected chi connectivity index (χ4v) is 2.06. The van der Waals surface area contributed by atoms with E-state index in [4.69, 9.17) is 9.47 Å². The van der Waals surface area contributed by atoms with Crippen LogP contribution in [0.25, 0.3) is 0 Å². The van der Waals surface area contributed by atoms with Crippen LogP contribution < -0.4 is 9.47 Å². The Balaban J connectivity index is 2.20. The molecule has 3 heteroatoms. The van der Waals surface area contributed by atoms with Crippen molar-refractivity contribution >= 4 is 5.78 Å². The minimum absolute atomic E-state index is 0.219. The molecule has 0 saturated carbocycles. The summed E-state index contributed by atoms with van der Waals surface area (Å²) in [5.74, 6) is 1.79. The Morgan fingerprint density at radius 1 is 1.07 bits per heavy atom. The lowest BCUT2D eigenvalue weighted by Crippen LogP contribution is -2.16. The summed E-state index contributed by atoms with van der Waals surface area (Å²) in [7, 11) is 0. The van der Waals surface area contributed by atoms with Crippen molar-refractivity contribution in [1.29, 1.82) is 0 Å². The number of ether oxygens (including phenoxy) is 2. The molecule has 72 valence electrons. The zero-order valence-corrected chi connectivity index (χ0v) is 7.71. The van der Waals surface area contributed by atoms with Crippen molar-refractivity contribution < 1.29 is 14.3 Å². The first-order valence-corrected chi connectivity index (χ1v) is 4.81. The quantitative estimate of drug-likeness (QED) is 0.623. The molecule has 3 rings (SSSR count). The van der Waals surface area contributed by atoms with Gasteiger partial charge in [-0.2, -0.15) is 0 Å². The van der Waals surface area contributed by atoms with Gasteiger partial charge in [-0.3, -0.25) is 4.79 Å². The third-order valence-corrected chi connectivity index (χ3v) is 2.71. The molecule has 3 nitrogen and oxygen atoms in total. The van der Waals surface area contributed by atoms with Crippen molar-refractivity contribution in [1.82, 2.24) is 0 Å². The Hall–Kier alpha value is -1.51. The number of rotatable bonds is 0. The van der Waals surface area contributed by atoms with Crippen LogP contribution in [0.3, 0.4) is 0 Å². The number of carbonyl (C=O) groups is 1. The molecule has 0 amide bonds. The van der Waals surface area contributed by atoms with E-state index >= 15 is 0 Å². The molecule has 0 bridgehead atoms. The summed E-state index contributed by atoms with van der Waals surface area (Å²) in [5.41, 5.74) is 1.85. The van der Waals surface area contributed by atoms with Crippen molar-refractivity contribution in [3.8, 4) is 11.5 Å². The van der Waals surface area contributed by atoms with Gasteiger partial charge in [0.05, 0.1) is 0 Å². The van der Waals surface area contributed by atoms with Crippen LogP contribution in [0, 0.1) is 0 Å². The fourth-order valence-electron chi connectivity index (χ4n) is 2.06. The Kier molecular flexibility index (Phi) is 1.54. The monoisotopic (exact) mass is 190 g/mol. The van der Waals surface area contributed by atoms with E-state index in [-0.39, 0.29) is 5.78 Å². The molecule has 0 unspecified atom stereocenters. The van der Waals surface area contributed by atoms with Crippen LogP contribution >= 0.6 is 0 Å². The minimum atomic E-state index is 0.219. The lowest BCUT2D eigenvalue weighted by molar-refractivity contribution is 0.0994. The maximum Gasteiger partial charge on any atom is 0.165 e. The smallest absolute Gasteiger partial charge is 0.165 e. The predicted molar refractivity (Wildman–Crippen MR) is 50.1 cm³/mol. The molecule has 0 atom stereocenters. The zero-order valence-electron chi connectivity index (χ0n) is 7.71. The number of benzene rings is 1. The maximum absolute atomic E-state index is 11.5. The molecule has 1 aliphatic heterocycles. The van der Waals surface area contributed by atoms with E-state index in [9.17, 15) is 4.79 Å². The molecular weight excluding hydrogens is 180 g/mol. The van der Waals surface area contributed by atoms with Crippen molar-refractivity contribution in [2.45, 2.75) is 12.8 Å². The molecule has 2 aliphatic rings. The molecule has 0 aromatic heterocycles. The second kappa shape index (κ2) is 2.74. The largest absolute Gasteiger partial charge is 0.486 e. The van der Waals surface area contributed by atoms with E-state index in [1.165, 1.54) is 0 Å². The molecule has 1 aromatic carbocycles. The van der Waals surface area contributed by atoms with Crippen molar-refractivity contribution in [2.75, 3.05) is 13.2 Å². The van der Waals surface area contributed by atoms with Gasteiger partial charge in [-0.05, 0) is 18.6 Å². The predicted octanol–water partition coefficient (Wildman–Crippen LogP) is 1.59. The molecule has 1 heterocycles. The normalized spacial score (nSPS) is 18.1. The summed E-state index contributed by atoms with van der Waals surface area (Å²) in [5, 5.41) is 0. The highest BCUT2D eigenvalue weighted by atomic mass is 16.6. The first-order chi connectivity index (χ1) is 6.86. The second-order valence-electron chi connectivity index (χ2n) is 3.54. The van der Waals surface area contributed by atoms with Gasteiger partial charge in [0.15, 0.2) is 17.3 Å². The van der Waals surface area contributed by atoms with Gasteiger partial charge in [-0.15, -0.1) is 0 Å². The topological polar surface area (TPSA) is 35.5 Å². The first-order valence-electron chi connectivity index (χ1n) is 4.81.